The average molecular weight is 270 g/mol. The minimum atomic E-state index is 0.514. The molecule has 2 N–H and O–H groups in total. The van der Waals surface area contributed by atoms with Crippen LogP contribution in [0, 0.1) is 5.92 Å². The molecule has 15 heavy (non-hydrogen) atoms. The lowest BCUT2D eigenvalue weighted by Gasteiger charge is -2.11. The van der Waals surface area contributed by atoms with Gasteiger partial charge in [0.25, 0.3) is 0 Å². The number of hydrogen-bond donors (Lipinski definition) is 1. The molecule has 0 spiro atoms. The van der Waals surface area contributed by atoms with E-state index in [0.717, 1.165) is 28.3 Å². The van der Waals surface area contributed by atoms with Crippen LogP contribution in [0.3, 0.4) is 0 Å². The Balaban J connectivity index is 1.95. The van der Waals surface area contributed by atoms with Gasteiger partial charge in [-0.05, 0) is 24.5 Å². The van der Waals surface area contributed by atoms with Crippen LogP contribution in [-0.4, -0.2) is 6.61 Å². The summed E-state index contributed by atoms with van der Waals surface area (Å²) >= 11 is 3.48. The van der Waals surface area contributed by atoms with Crippen molar-refractivity contribution in [1.82, 2.24) is 0 Å². The van der Waals surface area contributed by atoms with E-state index in [0.29, 0.717) is 6.54 Å². The molecule has 0 bridgehead atoms. The molecule has 3 heteroatoms. The highest BCUT2D eigenvalue weighted by molar-refractivity contribution is 9.10. The van der Waals surface area contributed by atoms with Gasteiger partial charge in [-0.15, -0.1) is 0 Å². The Bertz CT molecular complexity index is 336. The molecule has 0 radical (unpaired) electrons. The molecule has 0 aliphatic heterocycles. The van der Waals surface area contributed by atoms with E-state index < -0.39 is 0 Å². The van der Waals surface area contributed by atoms with Crippen molar-refractivity contribution in [3.05, 3.63) is 28.2 Å². The number of nitrogens with two attached hydrogens (primary N) is 1. The highest BCUT2D eigenvalue weighted by Crippen LogP contribution is 2.33. The Labute approximate surface area is 98.9 Å². The Morgan fingerprint density at radius 3 is 2.87 bits per heavy atom. The van der Waals surface area contributed by atoms with Gasteiger partial charge in [-0.3, -0.25) is 0 Å². The predicted octanol–water partition coefficient (Wildman–Crippen LogP) is 3.09. The van der Waals surface area contributed by atoms with Gasteiger partial charge in [0.2, 0.25) is 0 Å². The number of halogens is 1. The maximum atomic E-state index is 5.75. The van der Waals surface area contributed by atoms with Gasteiger partial charge in [-0.2, -0.15) is 0 Å². The van der Waals surface area contributed by atoms with Gasteiger partial charge in [-0.1, -0.05) is 34.8 Å². The summed E-state index contributed by atoms with van der Waals surface area (Å²) in [6.07, 6.45) is 3.94. The van der Waals surface area contributed by atoms with Crippen molar-refractivity contribution in [3.8, 4) is 5.75 Å². The summed E-state index contributed by atoms with van der Waals surface area (Å²) in [7, 11) is 0. The molecule has 0 saturated heterocycles. The first-order chi connectivity index (χ1) is 7.31. The fourth-order valence-corrected chi connectivity index (χ4v) is 2.12. The van der Waals surface area contributed by atoms with Crippen LogP contribution in [0.1, 0.15) is 24.8 Å². The van der Waals surface area contributed by atoms with E-state index in [9.17, 15) is 0 Å². The van der Waals surface area contributed by atoms with Crippen LogP contribution in [0.25, 0.3) is 0 Å². The number of ether oxygens (including phenoxy) is 1. The second kappa shape index (κ2) is 4.99. The summed E-state index contributed by atoms with van der Waals surface area (Å²) < 4.78 is 6.79. The van der Waals surface area contributed by atoms with Crippen LogP contribution in [0.15, 0.2) is 22.7 Å². The first-order valence-electron chi connectivity index (χ1n) is 5.41. The van der Waals surface area contributed by atoms with Gasteiger partial charge in [0, 0.05) is 16.6 Å². The molecule has 0 aromatic heterocycles. The van der Waals surface area contributed by atoms with Crippen LogP contribution in [0.4, 0.5) is 0 Å². The second-order valence-electron chi connectivity index (χ2n) is 4.00. The molecule has 1 aromatic carbocycles. The lowest BCUT2D eigenvalue weighted by atomic mass is 10.2. The van der Waals surface area contributed by atoms with E-state index >= 15 is 0 Å². The third-order valence-corrected chi connectivity index (χ3v) is 3.50. The van der Waals surface area contributed by atoms with Crippen molar-refractivity contribution >= 4 is 15.9 Å². The van der Waals surface area contributed by atoms with Crippen molar-refractivity contribution < 1.29 is 4.74 Å². The highest BCUT2D eigenvalue weighted by Gasteiger charge is 2.20. The molecule has 0 unspecified atom stereocenters. The minimum Gasteiger partial charge on any atom is -0.493 e. The Morgan fingerprint density at radius 2 is 2.20 bits per heavy atom. The van der Waals surface area contributed by atoms with E-state index in [4.69, 9.17) is 10.5 Å². The van der Waals surface area contributed by atoms with Crippen molar-refractivity contribution in [2.75, 3.05) is 6.61 Å². The zero-order valence-electron chi connectivity index (χ0n) is 8.71. The van der Waals surface area contributed by atoms with E-state index in [1.165, 1.54) is 19.3 Å². The molecule has 1 aliphatic rings. The minimum absolute atomic E-state index is 0.514. The maximum Gasteiger partial charge on any atom is 0.124 e. The normalized spacial score (nSPS) is 15.3. The van der Waals surface area contributed by atoms with Gasteiger partial charge in [-0.25, -0.2) is 0 Å². The van der Waals surface area contributed by atoms with E-state index in [1.54, 1.807) is 0 Å². The zero-order valence-corrected chi connectivity index (χ0v) is 10.3. The zero-order chi connectivity index (χ0) is 10.7. The van der Waals surface area contributed by atoms with E-state index in [2.05, 4.69) is 15.9 Å². The van der Waals surface area contributed by atoms with Crippen LogP contribution in [0.2, 0.25) is 0 Å². The third kappa shape index (κ3) is 2.95. The summed E-state index contributed by atoms with van der Waals surface area (Å²) in [6.45, 7) is 1.33. The van der Waals surface area contributed by atoms with Crippen molar-refractivity contribution in [2.45, 2.75) is 25.8 Å². The smallest absolute Gasteiger partial charge is 0.124 e. The van der Waals surface area contributed by atoms with Crippen LogP contribution < -0.4 is 10.5 Å². The van der Waals surface area contributed by atoms with Gasteiger partial charge >= 0.3 is 0 Å². The fraction of sp³-hybridized carbons (Fsp3) is 0.500. The average Bonchev–Trinajstić information content (AvgIpc) is 3.02. The molecule has 2 rings (SSSR count). The van der Waals surface area contributed by atoms with Crippen LogP contribution in [0.5, 0.6) is 5.75 Å². The van der Waals surface area contributed by atoms with Crippen molar-refractivity contribution in [1.29, 1.82) is 0 Å². The molecule has 2 nitrogen and oxygen atoms in total. The number of hydrogen-bond acceptors (Lipinski definition) is 2. The SMILES string of the molecule is NCc1c(Br)cccc1OCCC1CC1. The van der Waals surface area contributed by atoms with Gasteiger partial charge in [0.15, 0.2) is 0 Å². The van der Waals surface area contributed by atoms with Gasteiger partial charge < -0.3 is 10.5 Å². The fourth-order valence-electron chi connectivity index (χ4n) is 1.61. The first kappa shape index (κ1) is 11.0. The lowest BCUT2D eigenvalue weighted by molar-refractivity contribution is 0.299. The predicted molar refractivity (Wildman–Crippen MR) is 64.9 cm³/mol. The Kier molecular flexibility index (Phi) is 3.65. The molecular formula is C12H16BrNO. The summed E-state index contributed by atoms with van der Waals surface area (Å²) in [4.78, 5) is 0. The van der Waals surface area contributed by atoms with E-state index in [1.807, 2.05) is 18.2 Å². The second-order valence-corrected chi connectivity index (χ2v) is 4.86. The van der Waals surface area contributed by atoms with Gasteiger partial charge in [0.1, 0.15) is 5.75 Å². The Morgan fingerprint density at radius 1 is 1.40 bits per heavy atom. The van der Waals surface area contributed by atoms with Crippen LogP contribution >= 0.6 is 15.9 Å². The molecule has 1 fully saturated rings. The third-order valence-electron chi connectivity index (χ3n) is 2.76. The largest absolute Gasteiger partial charge is 0.493 e. The van der Waals surface area contributed by atoms with Gasteiger partial charge in [0.05, 0.1) is 6.61 Å². The highest BCUT2D eigenvalue weighted by atomic mass is 79.9. The summed E-state index contributed by atoms with van der Waals surface area (Å²) in [5, 5.41) is 0. The van der Waals surface area contributed by atoms with E-state index in [-0.39, 0.29) is 0 Å². The lowest BCUT2D eigenvalue weighted by Crippen LogP contribution is -2.05. The Hall–Kier alpha value is -0.540. The van der Waals surface area contributed by atoms with Crippen molar-refractivity contribution in [2.24, 2.45) is 11.7 Å². The molecule has 0 heterocycles. The monoisotopic (exact) mass is 269 g/mol. The summed E-state index contributed by atoms with van der Waals surface area (Å²) in [5.41, 5.74) is 6.75. The molecule has 1 saturated carbocycles. The van der Waals surface area contributed by atoms with Crippen molar-refractivity contribution in [3.63, 3.8) is 0 Å². The number of rotatable bonds is 5. The molecule has 1 aromatic rings. The molecule has 0 atom stereocenters. The molecular weight excluding hydrogens is 254 g/mol. The quantitative estimate of drug-likeness (QED) is 0.892. The molecule has 82 valence electrons. The first-order valence-corrected chi connectivity index (χ1v) is 6.21. The summed E-state index contributed by atoms with van der Waals surface area (Å²) in [6, 6.07) is 5.96. The topological polar surface area (TPSA) is 35.2 Å². The molecule has 1 aliphatic carbocycles. The molecule has 0 amide bonds. The maximum absolute atomic E-state index is 5.75. The standard InChI is InChI=1S/C12H16BrNO/c13-11-2-1-3-12(10(11)8-14)15-7-6-9-4-5-9/h1-3,9H,4-8,14H2. The number of benzene rings is 1. The van der Waals surface area contributed by atoms with Crippen LogP contribution in [-0.2, 0) is 6.54 Å². The summed E-state index contributed by atoms with van der Waals surface area (Å²) in [5.74, 6) is 1.84.